The van der Waals surface area contributed by atoms with E-state index < -0.39 is 0 Å². The quantitative estimate of drug-likeness (QED) is 0.664. The molecule has 3 nitrogen and oxygen atoms in total. The van der Waals surface area contributed by atoms with Crippen LogP contribution in [-0.2, 0) is 0 Å². The molecule has 3 heteroatoms. The summed E-state index contributed by atoms with van der Waals surface area (Å²) in [5.41, 5.74) is 3.24. The first-order valence-corrected chi connectivity index (χ1v) is 9.40. The summed E-state index contributed by atoms with van der Waals surface area (Å²) in [6.07, 6.45) is 9.58. The minimum Gasteiger partial charge on any atom is -0.303 e. The van der Waals surface area contributed by atoms with E-state index in [1.165, 1.54) is 64.6 Å². The molecule has 0 saturated carbocycles. The number of nitrogens with zero attached hydrogens (tertiary/aromatic N) is 2. The van der Waals surface area contributed by atoms with E-state index in [9.17, 15) is 0 Å². The maximum absolute atomic E-state index is 3.24. The van der Waals surface area contributed by atoms with Gasteiger partial charge < -0.3 is 4.90 Å². The molecule has 0 radical (unpaired) electrons. The molecule has 0 unspecified atom stereocenters. The number of hydrogen-bond donors (Lipinski definition) is 1. The van der Waals surface area contributed by atoms with Gasteiger partial charge in [0, 0.05) is 19.1 Å². The lowest BCUT2D eigenvalue weighted by Crippen LogP contribution is -2.47. The summed E-state index contributed by atoms with van der Waals surface area (Å²) in [6, 6.07) is 0.811. The Morgan fingerprint density at radius 2 is 1.48 bits per heavy atom. The van der Waals surface area contributed by atoms with Crippen LogP contribution in [0.1, 0.15) is 79.6 Å². The highest BCUT2D eigenvalue weighted by Crippen LogP contribution is 2.14. The van der Waals surface area contributed by atoms with Crippen molar-refractivity contribution in [2.45, 2.75) is 85.6 Å². The van der Waals surface area contributed by atoms with Crippen molar-refractivity contribution in [2.75, 3.05) is 33.7 Å². The van der Waals surface area contributed by atoms with Gasteiger partial charge in [-0.3, -0.25) is 5.43 Å². The summed E-state index contributed by atoms with van der Waals surface area (Å²) < 4.78 is 0. The molecule has 0 aromatic rings. The Balaban J connectivity index is 0. The van der Waals surface area contributed by atoms with E-state index in [-0.39, 0.29) is 0 Å². The summed E-state index contributed by atoms with van der Waals surface area (Å²) in [5.74, 6) is 0. The number of hydrogen-bond acceptors (Lipinski definition) is 3. The van der Waals surface area contributed by atoms with Crippen LogP contribution in [0.15, 0.2) is 0 Å². The second-order valence-electron chi connectivity index (χ2n) is 5.34. The molecule has 0 spiro atoms. The molecule has 0 atom stereocenters. The van der Waals surface area contributed by atoms with Crippen LogP contribution in [0.25, 0.3) is 0 Å². The number of nitrogens with one attached hydrogen (secondary N) is 1. The molecule has 1 rings (SSSR count). The fourth-order valence-corrected chi connectivity index (χ4v) is 2.68. The van der Waals surface area contributed by atoms with E-state index >= 15 is 0 Å². The molecule has 0 aromatic carbocycles. The Morgan fingerprint density at radius 1 is 0.952 bits per heavy atom. The third-order valence-corrected chi connectivity index (χ3v) is 4.02. The van der Waals surface area contributed by atoms with Gasteiger partial charge in [-0.2, -0.15) is 0 Å². The molecule has 21 heavy (non-hydrogen) atoms. The monoisotopic (exact) mass is 301 g/mol. The SMILES string of the molecule is CC.CC.CCCCCCCN(C)C1CCN(NC)CC1. The van der Waals surface area contributed by atoms with Crippen molar-refractivity contribution in [1.82, 2.24) is 15.3 Å². The van der Waals surface area contributed by atoms with Crippen molar-refractivity contribution in [1.29, 1.82) is 0 Å². The molecule has 130 valence electrons. The topological polar surface area (TPSA) is 18.5 Å². The Labute approximate surface area is 135 Å². The second kappa shape index (κ2) is 17.9. The lowest BCUT2D eigenvalue weighted by molar-refractivity contribution is 0.0985. The van der Waals surface area contributed by atoms with Gasteiger partial charge in [0.25, 0.3) is 0 Å². The van der Waals surface area contributed by atoms with Gasteiger partial charge in [-0.25, -0.2) is 5.01 Å². The van der Waals surface area contributed by atoms with Crippen LogP contribution >= 0.6 is 0 Å². The summed E-state index contributed by atoms with van der Waals surface area (Å²) in [4.78, 5) is 2.58. The van der Waals surface area contributed by atoms with Crippen LogP contribution in [0.2, 0.25) is 0 Å². The number of piperidine rings is 1. The minimum absolute atomic E-state index is 0.811. The summed E-state index contributed by atoms with van der Waals surface area (Å²) in [6.45, 7) is 14.0. The number of rotatable bonds is 8. The Morgan fingerprint density at radius 3 is 1.95 bits per heavy atom. The van der Waals surface area contributed by atoms with Crippen molar-refractivity contribution in [3.05, 3.63) is 0 Å². The molecule has 0 aliphatic carbocycles. The molecule has 1 N–H and O–H groups in total. The van der Waals surface area contributed by atoms with E-state index in [0.717, 1.165) is 6.04 Å². The maximum Gasteiger partial charge on any atom is 0.0145 e. The minimum atomic E-state index is 0.811. The zero-order valence-electron chi connectivity index (χ0n) is 16.0. The Hall–Kier alpha value is -0.120. The highest BCUT2D eigenvalue weighted by Gasteiger charge is 2.20. The normalized spacial score (nSPS) is 16.0. The fraction of sp³-hybridized carbons (Fsp3) is 1.00. The second-order valence-corrected chi connectivity index (χ2v) is 5.34. The molecule has 0 bridgehead atoms. The summed E-state index contributed by atoms with van der Waals surface area (Å²) in [7, 11) is 4.33. The molecule has 1 aliphatic rings. The first kappa shape index (κ1) is 23.2. The van der Waals surface area contributed by atoms with Crippen molar-refractivity contribution in [3.63, 3.8) is 0 Å². The van der Waals surface area contributed by atoms with Gasteiger partial charge in [0.15, 0.2) is 0 Å². The Kier molecular flexibility index (Phi) is 19.8. The van der Waals surface area contributed by atoms with Crippen LogP contribution in [0.4, 0.5) is 0 Å². The fourth-order valence-electron chi connectivity index (χ4n) is 2.68. The number of hydrazine groups is 1. The van der Waals surface area contributed by atoms with Crippen LogP contribution < -0.4 is 5.43 Å². The van der Waals surface area contributed by atoms with Crippen molar-refractivity contribution in [3.8, 4) is 0 Å². The van der Waals surface area contributed by atoms with Crippen LogP contribution in [0.3, 0.4) is 0 Å². The molecule has 1 aliphatic heterocycles. The Bertz CT molecular complexity index is 177. The zero-order valence-corrected chi connectivity index (χ0v) is 16.0. The molecule has 1 heterocycles. The lowest BCUT2D eigenvalue weighted by Gasteiger charge is -2.36. The van der Waals surface area contributed by atoms with Crippen molar-refractivity contribution >= 4 is 0 Å². The molecular weight excluding hydrogens is 258 g/mol. The van der Waals surface area contributed by atoms with Crippen LogP contribution in [-0.4, -0.2) is 49.7 Å². The largest absolute Gasteiger partial charge is 0.303 e. The van der Waals surface area contributed by atoms with Gasteiger partial charge in [0.05, 0.1) is 0 Å². The van der Waals surface area contributed by atoms with E-state index in [1.807, 2.05) is 34.7 Å². The average Bonchev–Trinajstić information content (AvgIpc) is 2.58. The van der Waals surface area contributed by atoms with Gasteiger partial charge in [-0.15, -0.1) is 0 Å². The first-order chi connectivity index (χ1) is 10.3. The number of unbranched alkanes of at least 4 members (excludes halogenated alkanes) is 4. The predicted octanol–water partition coefficient (Wildman–Crippen LogP) is 4.54. The van der Waals surface area contributed by atoms with E-state index in [0.29, 0.717) is 0 Å². The summed E-state index contributed by atoms with van der Waals surface area (Å²) in [5, 5.41) is 2.32. The smallest absolute Gasteiger partial charge is 0.0145 e. The van der Waals surface area contributed by atoms with Gasteiger partial charge >= 0.3 is 0 Å². The third kappa shape index (κ3) is 12.1. The van der Waals surface area contributed by atoms with E-state index in [2.05, 4.69) is 29.3 Å². The van der Waals surface area contributed by atoms with Gasteiger partial charge in [0.1, 0.15) is 0 Å². The first-order valence-electron chi connectivity index (χ1n) is 9.40. The molecule has 1 saturated heterocycles. The third-order valence-electron chi connectivity index (χ3n) is 4.02. The van der Waals surface area contributed by atoms with E-state index in [1.54, 1.807) is 0 Å². The van der Waals surface area contributed by atoms with Crippen molar-refractivity contribution < 1.29 is 0 Å². The van der Waals surface area contributed by atoms with Gasteiger partial charge in [-0.1, -0.05) is 60.3 Å². The molecule has 1 fully saturated rings. The molecular formula is C18H43N3. The predicted molar refractivity (Wildman–Crippen MR) is 97.7 cm³/mol. The highest BCUT2D eigenvalue weighted by molar-refractivity contribution is 4.76. The summed E-state index contributed by atoms with van der Waals surface area (Å²) >= 11 is 0. The maximum atomic E-state index is 3.24. The van der Waals surface area contributed by atoms with Gasteiger partial charge in [-0.05, 0) is 39.9 Å². The zero-order chi connectivity index (χ0) is 16.5. The molecule has 0 amide bonds. The average molecular weight is 302 g/mol. The van der Waals surface area contributed by atoms with Gasteiger partial charge in [0.2, 0.25) is 0 Å². The molecule has 0 aromatic heterocycles. The van der Waals surface area contributed by atoms with Crippen LogP contribution in [0.5, 0.6) is 0 Å². The highest BCUT2D eigenvalue weighted by atomic mass is 15.5. The van der Waals surface area contributed by atoms with Crippen LogP contribution in [0, 0.1) is 0 Å². The standard InChI is InChI=1S/C14H31N3.2C2H6/c1-4-5-6-7-8-11-16(3)14-9-12-17(15-2)13-10-14;2*1-2/h14-15H,4-13H2,1-3H3;2*1-2H3. The van der Waals surface area contributed by atoms with Crippen molar-refractivity contribution in [2.24, 2.45) is 0 Å². The van der Waals surface area contributed by atoms with E-state index in [4.69, 9.17) is 0 Å². The lowest BCUT2D eigenvalue weighted by atomic mass is 10.0.